The van der Waals surface area contributed by atoms with Gasteiger partial charge in [-0.05, 0) is 105 Å². The smallest absolute Gasteiger partial charge is 0.408 e. The van der Waals surface area contributed by atoms with Crippen LogP contribution in [0, 0.1) is 20.8 Å². The van der Waals surface area contributed by atoms with Gasteiger partial charge in [0.15, 0.2) is 11.2 Å². The van der Waals surface area contributed by atoms with Gasteiger partial charge in [-0.2, -0.15) is 0 Å². The molecular formula is C109H110N4O15S2. The Hall–Kier alpha value is -14.4. The highest BCUT2D eigenvalue weighted by atomic mass is 32.2. The largest absolute Gasteiger partial charge is 0.460 e. The number of carbonyl (C=O) groups is 8. The molecule has 0 radical (unpaired) electrons. The molecule has 19 nitrogen and oxygen atoms in total. The third-order valence-electron chi connectivity index (χ3n) is 20.2. The van der Waals surface area contributed by atoms with Crippen LogP contribution in [0.2, 0.25) is 0 Å². The highest BCUT2D eigenvalue weighted by Crippen LogP contribution is 2.51. The Bertz CT molecular complexity index is 5100. The number of benzene rings is 12. The van der Waals surface area contributed by atoms with Crippen molar-refractivity contribution in [2.75, 3.05) is 65.8 Å². The standard InChI is InChI=1S/C29H31NO4.C28H29NO4S.C26H25NO4.C26H25NO3S/c1-20(2)27(31)33-19-18-30-28(32)34-29(24-12-6-21(3)7-13-24,25-14-8-22(4)9-15-25)26-16-10-23(5)11-17-26;1-22(2)26(30)33-21-20-32-19-18-29-27(31)34-28(23-12-6-3-7-13-23,24-14-8-4-9-15-24)25-16-10-5-11-17-25;2*1-20(2)24(28)30-19-18-27-25(29)31-26(21-12-6-3-7-13-21,22-14-8-4-9-15-22)23-16-10-5-11-17-23/h6-17H,1,18-19H2,2-5H3,(H,30,32);3-17H,1,18-21H2,2H3,(H,29,31);2*3-17H,1,18-19H2,2H3,(H,27,29). The molecule has 12 aromatic rings. The van der Waals surface area contributed by atoms with Gasteiger partial charge in [-0.1, -0.05) is 389 Å². The van der Waals surface area contributed by atoms with Gasteiger partial charge in [0, 0.05) is 62.2 Å². The van der Waals surface area contributed by atoms with Crippen LogP contribution in [-0.2, 0) is 73.0 Å². The van der Waals surface area contributed by atoms with Crippen LogP contribution in [0.1, 0.15) is 111 Å². The summed E-state index contributed by atoms with van der Waals surface area (Å²) in [4.78, 5) is 98.1. The van der Waals surface area contributed by atoms with Crippen molar-refractivity contribution in [3.8, 4) is 0 Å². The average molecular weight is 1780 g/mol. The maximum absolute atomic E-state index is 13.1. The molecule has 0 unspecified atom stereocenters. The number of ether oxygens (including phenoxy) is 7. The Labute approximate surface area is 770 Å². The van der Waals surface area contributed by atoms with Gasteiger partial charge in [0.1, 0.15) is 35.9 Å². The third-order valence-corrected chi connectivity index (χ3v) is 22.9. The normalized spacial score (nSPS) is 10.9. The van der Waals surface area contributed by atoms with Crippen LogP contribution < -0.4 is 21.3 Å². The molecule has 12 aromatic carbocycles. The molecule has 0 aromatic heterocycles. The molecule has 0 saturated heterocycles. The van der Waals surface area contributed by atoms with E-state index >= 15 is 0 Å². The van der Waals surface area contributed by atoms with Crippen molar-refractivity contribution in [3.05, 3.63) is 478 Å². The van der Waals surface area contributed by atoms with Crippen LogP contribution in [-0.4, -0.2) is 112 Å². The lowest BCUT2D eigenvalue weighted by molar-refractivity contribution is -0.141. The Morgan fingerprint density at radius 1 is 0.246 bits per heavy atom. The van der Waals surface area contributed by atoms with Crippen molar-refractivity contribution in [3.63, 3.8) is 0 Å². The zero-order chi connectivity index (χ0) is 93.2. The van der Waals surface area contributed by atoms with E-state index in [9.17, 15) is 38.4 Å². The van der Waals surface area contributed by atoms with E-state index < -0.39 is 56.8 Å². The van der Waals surface area contributed by atoms with Crippen LogP contribution in [0.4, 0.5) is 19.2 Å². The summed E-state index contributed by atoms with van der Waals surface area (Å²) >= 11 is 2.45. The zero-order valence-corrected chi connectivity index (χ0v) is 75.9. The highest BCUT2D eigenvalue weighted by molar-refractivity contribution is 8.15. The van der Waals surface area contributed by atoms with E-state index in [2.05, 4.69) is 84.0 Å². The minimum absolute atomic E-state index is 0.0212. The SMILES string of the molecule is C=C(C)C(=O)OCCNC(=O)OC(c1ccc(C)cc1)(c1ccc(C)cc1)c1ccc(C)cc1.C=C(C)C(=O)OCCNC(=O)OC(c1ccccc1)(c1ccccc1)c1ccccc1.C=C(C)C(=O)OCCNC(=O)SC(c1ccccc1)(c1ccccc1)c1ccccc1.C=C(C)C(=O)OCCOCCNC(=O)SC(c1ccccc1)(c1ccccc1)c1ccccc1. The van der Waals surface area contributed by atoms with Gasteiger partial charge in [0.05, 0.1) is 32.8 Å². The molecular weight excluding hydrogens is 1670 g/mol. The van der Waals surface area contributed by atoms with E-state index in [1.165, 1.54) is 23.5 Å². The number of aryl methyl sites for hydroxylation is 3. The zero-order valence-electron chi connectivity index (χ0n) is 74.2. The lowest BCUT2D eigenvalue weighted by atomic mass is 9.79. The van der Waals surface area contributed by atoms with E-state index in [-0.39, 0.29) is 63.1 Å². The molecule has 0 fully saturated rings. The Kier molecular flexibility index (Phi) is 38.9. The molecule has 668 valence electrons. The number of nitrogens with one attached hydrogen (secondary N) is 4. The molecule has 21 heteroatoms. The molecule has 0 aliphatic rings. The van der Waals surface area contributed by atoms with Crippen molar-refractivity contribution >= 4 is 70.1 Å². The van der Waals surface area contributed by atoms with Crippen LogP contribution in [0.15, 0.2) is 394 Å². The van der Waals surface area contributed by atoms with Gasteiger partial charge in [-0.3, -0.25) is 9.59 Å². The second-order valence-corrected chi connectivity index (χ2v) is 32.5. The summed E-state index contributed by atoms with van der Waals surface area (Å²) < 4.78 is 36.6. The number of carbonyl (C=O) groups excluding carboxylic acids is 8. The molecule has 130 heavy (non-hydrogen) atoms. The van der Waals surface area contributed by atoms with Crippen molar-refractivity contribution in [2.45, 2.75) is 69.2 Å². The Balaban J connectivity index is 0.000000195. The number of amides is 4. The molecule has 12 rings (SSSR count). The van der Waals surface area contributed by atoms with Crippen molar-refractivity contribution < 1.29 is 71.5 Å². The van der Waals surface area contributed by atoms with E-state index in [1.54, 1.807) is 27.7 Å². The first kappa shape index (κ1) is 99.4. The summed E-state index contributed by atoms with van der Waals surface area (Å²) in [6.07, 6.45) is -1.24. The first-order valence-corrected chi connectivity index (χ1v) is 43.9. The second kappa shape index (κ2) is 50.8. The number of alkyl carbamates (subject to hydrolysis) is 2. The van der Waals surface area contributed by atoms with E-state index in [4.69, 9.17) is 33.2 Å². The van der Waals surface area contributed by atoms with Crippen molar-refractivity contribution in [1.82, 2.24) is 21.3 Å². The van der Waals surface area contributed by atoms with Crippen LogP contribution in [0.5, 0.6) is 0 Å². The van der Waals surface area contributed by atoms with Gasteiger partial charge < -0.3 is 54.4 Å². The fraction of sp³-hybridized carbons (Fsp3) is 0.193. The summed E-state index contributed by atoms with van der Waals surface area (Å²) in [5.74, 6) is -1.90. The summed E-state index contributed by atoms with van der Waals surface area (Å²) in [6, 6.07) is 113. The third kappa shape index (κ3) is 28.1. The summed E-state index contributed by atoms with van der Waals surface area (Å²) in [5.41, 5.74) is 13.3. The maximum Gasteiger partial charge on any atom is 0.408 e. The predicted molar refractivity (Wildman–Crippen MR) is 516 cm³/mol. The second-order valence-electron chi connectivity index (χ2n) is 30.2. The minimum Gasteiger partial charge on any atom is -0.460 e. The fourth-order valence-electron chi connectivity index (χ4n) is 13.7. The van der Waals surface area contributed by atoms with Crippen LogP contribution in [0.25, 0.3) is 0 Å². The maximum atomic E-state index is 13.1. The first-order chi connectivity index (χ1) is 62.8. The number of esters is 4. The minimum atomic E-state index is -1.17. The summed E-state index contributed by atoms with van der Waals surface area (Å²) in [6.45, 7) is 28.2. The first-order valence-electron chi connectivity index (χ1n) is 42.3. The monoisotopic (exact) mass is 1780 g/mol. The van der Waals surface area contributed by atoms with Gasteiger partial charge >= 0.3 is 36.1 Å². The molecule has 0 atom stereocenters. The molecule has 0 saturated carbocycles. The number of rotatable bonds is 35. The molecule has 4 N–H and O–H groups in total. The Morgan fingerprint density at radius 2 is 0.438 bits per heavy atom. The van der Waals surface area contributed by atoms with Gasteiger partial charge in [-0.15, -0.1) is 0 Å². The lowest BCUT2D eigenvalue weighted by Gasteiger charge is -2.35. The Morgan fingerprint density at radius 3 is 0.662 bits per heavy atom. The quantitative estimate of drug-likeness (QED) is 0.00947. The van der Waals surface area contributed by atoms with Crippen molar-refractivity contribution in [2.24, 2.45) is 0 Å². The predicted octanol–water partition coefficient (Wildman–Crippen LogP) is 21.7. The highest BCUT2D eigenvalue weighted by Gasteiger charge is 2.44. The summed E-state index contributed by atoms with van der Waals surface area (Å²) in [7, 11) is 0. The molecule has 0 aliphatic carbocycles. The van der Waals surface area contributed by atoms with Gasteiger partial charge in [-0.25, -0.2) is 28.8 Å². The van der Waals surface area contributed by atoms with Crippen LogP contribution in [0.3, 0.4) is 0 Å². The lowest BCUT2D eigenvalue weighted by Crippen LogP contribution is -2.40. The van der Waals surface area contributed by atoms with E-state index in [0.717, 1.165) is 83.5 Å². The average Bonchev–Trinajstić information content (AvgIpc) is 0.781. The van der Waals surface area contributed by atoms with Gasteiger partial charge in [0.25, 0.3) is 10.5 Å². The van der Waals surface area contributed by atoms with E-state index in [1.807, 2.05) is 330 Å². The molecule has 0 aliphatic heterocycles. The molecule has 0 bridgehead atoms. The summed E-state index contributed by atoms with van der Waals surface area (Å²) in [5, 5.41) is 10.8. The number of thioether (sulfide) groups is 2. The number of hydrogen-bond donors (Lipinski definition) is 4. The van der Waals surface area contributed by atoms with Crippen molar-refractivity contribution in [1.29, 1.82) is 0 Å². The van der Waals surface area contributed by atoms with Gasteiger partial charge in [0.2, 0.25) is 0 Å². The van der Waals surface area contributed by atoms with E-state index in [0.29, 0.717) is 35.4 Å². The topological polar surface area (TPSA) is 249 Å². The molecule has 4 amide bonds. The van der Waals surface area contributed by atoms with Crippen LogP contribution >= 0.6 is 23.5 Å². The molecule has 0 spiro atoms. The number of hydrogen-bond acceptors (Lipinski definition) is 17. The molecule has 0 heterocycles. The fourth-order valence-corrected chi connectivity index (χ4v) is 16.2.